The number of hydrogen-bond donors (Lipinski definition) is 0. The molecule has 1 heterocycles. The van der Waals surface area contributed by atoms with E-state index in [2.05, 4.69) is 9.89 Å². The summed E-state index contributed by atoms with van der Waals surface area (Å²) < 4.78 is 15.0. The minimum atomic E-state index is -0.367. The van der Waals surface area contributed by atoms with Crippen molar-refractivity contribution in [2.45, 2.75) is 13.5 Å². The molecule has 5 heteroatoms. The average Bonchev–Trinajstić information content (AvgIpc) is 2.82. The molecular formula is C13H13NO4. The molecule has 0 N–H and O–H groups in total. The Morgan fingerprint density at radius 2 is 2.06 bits per heavy atom. The second kappa shape index (κ2) is 5.35. The summed E-state index contributed by atoms with van der Waals surface area (Å²) >= 11 is 0. The Bertz CT molecular complexity index is 530. The zero-order valence-electron chi connectivity index (χ0n) is 10.2. The Kier molecular flexibility index (Phi) is 3.62. The van der Waals surface area contributed by atoms with Crippen molar-refractivity contribution in [2.75, 3.05) is 7.11 Å². The van der Waals surface area contributed by atoms with Crippen LogP contribution >= 0.6 is 0 Å². The molecule has 2 aromatic rings. The summed E-state index contributed by atoms with van der Waals surface area (Å²) in [5.74, 6) is 1.03. The summed E-state index contributed by atoms with van der Waals surface area (Å²) in [6.07, 6.45) is 0. The molecule has 5 nitrogen and oxygen atoms in total. The van der Waals surface area contributed by atoms with E-state index in [9.17, 15) is 4.79 Å². The minimum absolute atomic E-state index is 0.328. The second-order valence-corrected chi connectivity index (χ2v) is 3.73. The number of carbonyl (C=O) groups excluding carboxylic acids is 1. The number of rotatable bonds is 4. The van der Waals surface area contributed by atoms with Crippen molar-refractivity contribution in [1.29, 1.82) is 0 Å². The van der Waals surface area contributed by atoms with E-state index in [0.717, 1.165) is 11.5 Å². The van der Waals surface area contributed by atoms with Crippen LogP contribution in [0.4, 0.5) is 0 Å². The first-order valence-electron chi connectivity index (χ1n) is 5.42. The molecule has 18 heavy (non-hydrogen) atoms. The van der Waals surface area contributed by atoms with Crippen molar-refractivity contribution in [3.8, 4) is 5.75 Å². The van der Waals surface area contributed by atoms with E-state index in [4.69, 9.17) is 9.26 Å². The first kappa shape index (κ1) is 12.2. The van der Waals surface area contributed by atoms with Gasteiger partial charge in [0, 0.05) is 6.07 Å². The van der Waals surface area contributed by atoms with Crippen LogP contribution in [-0.2, 0) is 11.3 Å². The predicted octanol–water partition coefficient (Wildman–Crippen LogP) is 2.35. The van der Waals surface area contributed by atoms with Crippen LogP contribution in [-0.4, -0.2) is 18.2 Å². The van der Waals surface area contributed by atoms with E-state index in [0.29, 0.717) is 17.9 Å². The molecule has 1 aromatic carbocycles. The third-order valence-electron chi connectivity index (χ3n) is 2.34. The molecule has 2 rings (SSSR count). The Labute approximate surface area is 104 Å². The summed E-state index contributed by atoms with van der Waals surface area (Å²) in [5, 5.41) is 3.82. The van der Waals surface area contributed by atoms with E-state index < -0.39 is 0 Å². The van der Waals surface area contributed by atoms with Crippen LogP contribution in [0.5, 0.6) is 5.75 Å². The maximum absolute atomic E-state index is 11.2. The lowest BCUT2D eigenvalue weighted by Crippen LogP contribution is -2.01. The molecule has 0 atom stereocenters. The summed E-state index contributed by atoms with van der Waals surface area (Å²) in [6.45, 7) is 2.15. The fraction of sp³-hybridized carbons (Fsp3) is 0.231. The van der Waals surface area contributed by atoms with Crippen LogP contribution in [0.1, 0.15) is 21.8 Å². The number of hydrogen-bond acceptors (Lipinski definition) is 5. The number of aromatic nitrogens is 1. The fourth-order valence-corrected chi connectivity index (χ4v) is 1.45. The normalized spacial score (nSPS) is 10.1. The monoisotopic (exact) mass is 247 g/mol. The van der Waals surface area contributed by atoms with Gasteiger partial charge in [0.25, 0.3) is 0 Å². The number of esters is 1. The lowest BCUT2D eigenvalue weighted by atomic mass is 10.2. The molecule has 0 aliphatic rings. The largest absolute Gasteiger partial charge is 0.487 e. The van der Waals surface area contributed by atoms with Crippen molar-refractivity contribution in [3.63, 3.8) is 0 Å². The summed E-state index contributed by atoms with van der Waals surface area (Å²) in [7, 11) is 1.35. The Morgan fingerprint density at radius 3 is 2.61 bits per heavy atom. The zero-order chi connectivity index (χ0) is 13.0. The number of carbonyl (C=O) groups is 1. The summed E-state index contributed by atoms with van der Waals surface area (Å²) in [5.41, 5.74) is 1.21. The Morgan fingerprint density at radius 1 is 1.33 bits per heavy atom. The molecule has 0 spiro atoms. The molecule has 0 saturated heterocycles. The minimum Gasteiger partial charge on any atom is -0.487 e. The smallest absolute Gasteiger partial charge is 0.337 e. The van der Waals surface area contributed by atoms with Gasteiger partial charge in [0.15, 0.2) is 0 Å². The summed E-state index contributed by atoms with van der Waals surface area (Å²) in [6, 6.07) is 8.52. The van der Waals surface area contributed by atoms with Gasteiger partial charge in [-0.15, -0.1) is 0 Å². The van der Waals surface area contributed by atoms with Gasteiger partial charge in [0.2, 0.25) is 0 Å². The number of methoxy groups -OCH3 is 1. The summed E-state index contributed by atoms with van der Waals surface area (Å²) in [4.78, 5) is 11.2. The van der Waals surface area contributed by atoms with Gasteiger partial charge in [-0.1, -0.05) is 5.16 Å². The average molecular weight is 247 g/mol. The van der Waals surface area contributed by atoms with Crippen LogP contribution in [0.25, 0.3) is 0 Å². The standard InChI is InChI=1S/C13H13NO4/c1-9-7-11(14-18-9)8-17-12-5-3-10(4-6-12)13(15)16-2/h3-7H,8H2,1-2H3. The Balaban J connectivity index is 1.96. The van der Waals surface area contributed by atoms with Crippen molar-refractivity contribution >= 4 is 5.97 Å². The molecular weight excluding hydrogens is 234 g/mol. The van der Waals surface area contributed by atoms with Gasteiger partial charge in [0.05, 0.1) is 12.7 Å². The Hall–Kier alpha value is -2.30. The molecule has 0 amide bonds. The molecule has 0 bridgehead atoms. The zero-order valence-corrected chi connectivity index (χ0v) is 10.2. The van der Waals surface area contributed by atoms with Crippen LogP contribution in [0.3, 0.4) is 0 Å². The number of aryl methyl sites for hydroxylation is 1. The van der Waals surface area contributed by atoms with Gasteiger partial charge in [0.1, 0.15) is 23.8 Å². The first-order valence-corrected chi connectivity index (χ1v) is 5.42. The molecule has 1 aromatic heterocycles. The van der Waals surface area contributed by atoms with Gasteiger partial charge in [-0.3, -0.25) is 0 Å². The molecule has 0 saturated carbocycles. The first-order chi connectivity index (χ1) is 8.69. The highest BCUT2D eigenvalue weighted by Gasteiger charge is 2.05. The van der Waals surface area contributed by atoms with E-state index in [-0.39, 0.29) is 5.97 Å². The predicted molar refractivity (Wildman–Crippen MR) is 63.4 cm³/mol. The number of benzene rings is 1. The SMILES string of the molecule is COC(=O)c1ccc(OCc2cc(C)on2)cc1. The van der Waals surface area contributed by atoms with Crippen molar-refractivity contribution in [3.05, 3.63) is 47.3 Å². The van der Waals surface area contributed by atoms with Crippen LogP contribution in [0, 0.1) is 6.92 Å². The van der Waals surface area contributed by atoms with Gasteiger partial charge in [-0.2, -0.15) is 0 Å². The molecule has 0 unspecified atom stereocenters. The molecule has 0 fully saturated rings. The van der Waals surface area contributed by atoms with E-state index in [1.54, 1.807) is 24.3 Å². The highest BCUT2D eigenvalue weighted by molar-refractivity contribution is 5.89. The topological polar surface area (TPSA) is 61.6 Å². The second-order valence-electron chi connectivity index (χ2n) is 3.73. The van der Waals surface area contributed by atoms with Crippen LogP contribution in [0.2, 0.25) is 0 Å². The van der Waals surface area contributed by atoms with Gasteiger partial charge in [-0.25, -0.2) is 4.79 Å². The molecule has 0 aliphatic carbocycles. The number of ether oxygens (including phenoxy) is 2. The van der Waals surface area contributed by atoms with Crippen LogP contribution < -0.4 is 4.74 Å². The van der Waals surface area contributed by atoms with Crippen molar-refractivity contribution in [1.82, 2.24) is 5.16 Å². The molecule has 0 aliphatic heterocycles. The highest BCUT2D eigenvalue weighted by atomic mass is 16.5. The lowest BCUT2D eigenvalue weighted by Gasteiger charge is -2.04. The van der Waals surface area contributed by atoms with Crippen LogP contribution in [0.15, 0.2) is 34.9 Å². The van der Waals surface area contributed by atoms with Gasteiger partial charge < -0.3 is 14.0 Å². The maximum atomic E-state index is 11.2. The van der Waals surface area contributed by atoms with E-state index in [1.807, 2.05) is 13.0 Å². The van der Waals surface area contributed by atoms with Gasteiger partial charge >= 0.3 is 5.97 Å². The van der Waals surface area contributed by atoms with Crippen molar-refractivity contribution in [2.24, 2.45) is 0 Å². The van der Waals surface area contributed by atoms with Crippen molar-refractivity contribution < 1.29 is 18.8 Å². The molecule has 94 valence electrons. The fourth-order valence-electron chi connectivity index (χ4n) is 1.45. The lowest BCUT2D eigenvalue weighted by molar-refractivity contribution is 0.0600. The van der Waals surface area contributed by atoms with Gasteiger partial charge in [-0.05, 0) is 31.2 Å². The maximum Gasteiger partial charge on any atom is 0.337 e. The number of nitrogens with zero attached hydrogens (tertiary/aromatic N) is 1. The quantitative estimate of drug-likeness (QED) is 0.776. The molecule has 0 radical (unpaired) electrons. The van der Waals surface area contributed by atoms with E-state index >= 15 is 0 Å². The third-order valence-corrected chi connectivity index (χ3v) is 2.34. The van der Waals surface area contributed by atoms with E-state index in [1.165, 1.54) is 7.11 Å². The highest BCUT2D eigenvalue weighted by Crippen LogP contribution is 2.14. The third kappa shape index (κ3) is 2.88.